The number of hydrogen-bond donors (Lipinski definition) is 1. The van der Waals surface area contributed by atoms with Gasteiger partial charge in [0.15, 0.2) is 0 Å². The quantitative estimate of drug-likeness (QED) is 0.382. The Morgan fingerprint density at radius 3 is 2.50 bits per heavy atom. The van der Waals surface area contributed by atoms with Crippen LogP contribution in [0, 0.1) is 6.92 Å². The van der Waals surface area contributed by atoms with Crippen LogP contribution in [0.4, 0.5) is 0 Å². The monoisotopic (exact) mass is 434 g/mol. The molecule has 8 nitrogen and oxygen atoms in total. The van der Waals surface area contributed by atoms with E-state index in [1.165, 1.54) is 18.2 Å². The van der Waals surface area contributed by atoms with Crippen molar-refractivity contribution in [2.75, 3.05) is 0 Å². The highest BCUT2D eigenvalue weighted by molar-refractivity contribution is 5.83. The summed E-state index contributed by atoms with van der Waals surface area (Å²) in [6, 6.07) is 11.4. The molecule has 1 N–H and O–H groups in total. The highest BCUT2D eigenvalue weighted by atomic mass is 16.5. The van der Waals surface area contributed by atoms with E-state index in [1.807, 2.05) is 13.0 Å². The number of aromatic amines is 1. The molecule has 4 rings (SSSR count). The predicted molar refractivity (Wildman–Crippen MR) is 120 cm³/mol. The van der Waals surface area contributed by atoms with Gasteiger partial charge in [-0.2, -0.15) is 0 Å². The van der Waals surface area contributed by atoms with Gasteiger partial charge in [0.1, 0.15) is 18.7 Å². The highest BCUT2D eigenvalue weighted by Crippen LogP contribution is 2.27. The third kappa shape index (κ3) is 3.99. The zero-order chi connectivity index (χ0) is 23.0. The first kappa shape index (κ1) is 21.3. The molecule has 32 heavy (non-hydrogen) atoms. The Balaban J connectivity index is 1.61. The topological polar surface area (TPSA) is 111 Å². The fraction of sp³-hybridized carbons (Fsp3) is 0.250. The summed E-state index contributed by atoms with van der Waals surface area (Å²) in [5.41, 5.74) is 1.50. The van der Waals surface area contributed by atoms with Gasteiger partial charge in [-0.3, -0.25) is 19.5 Å². The fourth-order valence-electron chi connectivity index (χ4n) is 3.82. The van der Waals surface area contributed by atoms with Crippen molar-refractivity contribution < 1.29 is 13.9 Å². The van der Waals surface area contributed by atoms with Crippen molar-refractivity contribution in [3.63, 3.8) is 0 Å². The zero-order valence-electron chi connectivity index (χ0n) is 17.9. The van der Waals surface area contributed by atoms with E-state index in [1.54, 1.807) is 18.2 Å². The first-order valence-electron chi connectivity index (χ1n) is 10.2. The van der Waals surface area contributed by atoms with E-state index >= 15 is 0 Å². The van der Waals surface area contributed by atoms with Gasteiger partial charge in [-0.25, -0.2) is 9.48 Å². The maximum atomic E-state index is 12.6. The Bertz CT molecular complexity index is 1520. The predicted octanol–water partition coefficient (Wildman–Crippen LogP) is 2.97. The van der Waals surface area contributed by atoms with Crippen LogP contribution in [0.2, 0.25) is 0 Å². The lowest BCUT2D eigenvalue weighted by Gasteiger charge is -2.13. The first-order valence-corrected chi connectivity index (χ1v) is 10.2. The molecular formula is C24H22N2O6. The number of esters is 1. The van der Waals surface area contributed by atoms with Crippen LogP contribution in [0.25, 0.3) is 21.7 Å². The van der Waals surface area contributed by atoms with Crippen LogP contribution < -0.4 is 16.7 Å². The summed E-state index contributed by atoms with van der Waals surface area (Å²) in [4.78, 5) is 49.2. The zero-order valence-corrected chi connectivity index (χ0v) is 17.9. The summed E-state index contributed by atoms with van der Waals surface area (Å²) in [5, 5.41) is 3.54. The molecule has 0 saturated carbocycles. The second-order valence-electron chi connectivity index (χ2n) is 7.99. The smallest absolute Gasteiger partial charge is 0.336 e. The number of carbonyl (C=O) groups excluding carboxylic acids is 1. The van der Waals surface area contributed by atoms with Gasteiger partial charge in [-0.15, -0.1) is 0 Å². The van der Waals surface area contributed by atoms with E-state index in [0.717, 1.165) is 15.8 Å². The number of nitrogens with zero attached hydrogens (tertiary/aromatic N) is 1. The van der Waals surface area contributed by atoms with Crippen molar-refractivity contribution in [1.82, 2.24) is 9.78 Å². The average molecular weight is 434 g/mol. The molecule has 164 valence electrons. The Kier molecular flexibility index (Phi) is 5.52. The molecule has 0 fully saturated rings. The summed E-state index contributed by atoms with van der Waals surface area (Å²) in [5.74, 6) is -0.464. The lowest BCUT2D eigenvalue weighted by atomic mass is 9.95. The van der Waals surface area contributed by atoms with Crippen LogP contribution in [0.1, 0.15) is 36.5 Å². The minimum atomic E-state index is -0.726. The second kappa shape index (κ2) is 8.30. The molecular weight excluding hydrogens is 412 g/mol. The molecule has 0 aliphatic carbocycles. The summed E-state index contributed by atoms with van der Waals surface area (Å²) in [7, 11) is 0. The van der Waals surface area contributed by atoms with Gasteiger partial charge in [0.25, 0.3) is 11.1 Å². The average Bonchev–Trinajstić information content (AvgIpc) is 2.75. The van der Waals surface area contributed by atoms with E-state index in [2.05, 4.69) is 18.9 Å². The summed E-state index contributed by atoms with van der Waals surface area (Å²) >= 11 is 0. The number of fused-ring (bicyclic) bond motifs is 2. The molecule has 2 heterocycles. The number of benzene rings is 2. The van der Waals surface area contributed by atoms with E-state index in [-0.39, 0.29) is 23.3 Å². The fourth-order valence-corrected chi connectivity index (χ4v) is 3.82. The molecule has 0 amide bonds. The Morgan fingerprint density at radius 2 is 1.78 bits per heavy atom. The molecule has 8 heteroatoms. The minimum absolute atomic E-state index is 0.173. The maximum Gasteiger partial charge on any atom is 0.336 e. The van der Waals surface area contributed by atoms with Gasteiger partial charge in [-0.05, 0) is 48.2 Å². The standard InChI is InChI=1S/C24H22N2O6/c1-13(2)18-10-19-15(9-21(27)32-20(19)8-14(18)3)12-31-22(28)11-26-24(30)17-7-5-4-6-16(17)23(29)25-26/h4-10,13H,11-12H2,1-3H3,(H,25,29). The highest BCUT2D eigenvalue weighted by Gasteiger charge is 2.15. The molecule has 2 aromatic carbocycles. The molecule has 0 spiro atoms. The third-order valence-corrected chi connectivity index (χ3v) is 5.40. The van der Waals surface area contributed by atoms with Crippen molar-refractivity contribution in [2.45, 2.75) is 39.8 Å². The van der Waals surface area contributed by atoms with Gasteiger partial charge >= 0.3 is 11.6 Å². The van der Waals surface area contributed by atoms with E-state index in [9.17, 15) is 19.2 Å². The largest absolute Gasteiger partial charge is 0.459 e. The number of nitrogens with one attached hydrogen (secondary N) is 1. The van der Waals surface area contributed by atoms with Gasteiger partial charge in [0, 0.05) is 17.0 Å². The normalized spacial score (nSPS) is 11.4. The van der Waals surface area contributed by atoms with E-state index in [4.69, 9.17) is 9.15 Å². The maximum absolute atomic E-state index is 12.6. The van der Waals surface area contributed by atoms with Crippen LogP contribution >= 0.6 is 0 Å². The van der Waals surface area contributed by atoms with Gasteiger partial charge in [0.05, 0.1) is 10.8 Å². The van der Waals surface area contributed by atoms with Crippen molar-refractivity contribution in [2.24, 2.45) is 0 Å². The van der Waals surface area contributed by atoms with Crippen molar-refractivity contribution in [3.8, 4) is 0 Å². The first-order chi connectivity index (χ1) is 15.2. The number of rotatable bonds is 5. The SMILES string of the molecule is Cc1cc2oc(=O)cc(COC(=O)Cn3[nH]c(=O)c4ccccc4c3=O)c2cc1C(C)C. The molecule has 0 bridgehead atoms. The summed E-state index contributed by atoms with van der Waals surface area (Å²) in [6.07, 6.45) is 0. The Morgan fingerprint density at radius 1 is 1.06 bits per heavy atom. The minimum Gasteiger partial charge on any atom is -0.459 e. The van der Waals surface area contributed by atoms with Crippen LogP contribution in [0.5, 0.6) is 0 Å². The summed E-state index contributed by atoms with van der Waals surface area (Å²) < 4.78 is 11.6. The van der Waals surface area contributed by atoms with Crippen LogP contribution in [0.15, 0.2) is 61.3 Å². The van der Waals surface area contributed by atoms with Crippen LogP contribution in [-0.4, -0.2) is 15.7 Å². The van der Waals surface area contributed by atoms with Crippen LogP contribution in [0.3, 0.4) is 0 Å². The lowest BCUT2D eigenvalue weighted by Crippen LogP contribution is -2.32. The molecule has 0 aliphatic heterocycles. The Hall–Kier alpha value is -3.94. The number of ether oxygens (including phenoxy) is 1. The van der Waals surface area contributed by atoms with Gasteiger partial charge in [-0.1, -0.05) is 26.0 Å². The van der Waals surface area contributed by atoms with Crippen LogP contribution in [-0.2, 0) is 22.7 Å². The number of carbonyl (C=O) groups is 1. The second-order valence-corrected chi connectivity index (χ2v) is 7.99. The van der Waals surface area contributed by atoms with Crippen molar-refractivity contribution in [1.29, 1.82) is 0 Å². The number of hydrogen-bond acceptors (Lipinski definition) is 6. The number of aryl methyl sites for hydroxylation is 1. The molecule has 0 atom stereocenters. The van der Waals surface area contributed by atoms with Gasteiger partial charge < -0.3 is 9.15 Å². The molecule has 0 saturated heterocycles. The molecule has 0 radical (unpaired) electrons. The molecule has 0 aliphatic rings. The summed E-state index contributed by atoms with van der Waals surface area (Å²) in [6.45, 7) is 5.44. The number of H-pyrrole nitrogens is 1. The van der Waals surface area contributed by atoms with Crippen molar-refractivity contribution >= 4 is 27.7 Å². The molecule has 2 aromatic heterocycles. The third-order valence-electron chi connectivity index (χ3n) is 5.40. The number of aromatic nitrogens is 2. The molecule has 4 aromatic rings. The lowest BCUT2D eigenvalue weighted by molar-refractivity contribution is -0.145. The molecule has 0 unspecified atom stereocenters. The van der Waals surface area contributed by atoms with Gasteiger partial charge in [0.2, 0.25) is 0 Å². The van der Waals surface area contributed by atoms with E-state index in [0.29, 0.717) is 16.5 Å². The van der Waals surface area contributed by atoms with Crippen molar-refractivity contribution in [3.05, 3.63) is 90.3 Å². The van der Waals surface area contributed by atoms with E-state index < -0.39 is 29.3 Å². The Labute approximate surface area is 182 Å².